The second-order valence-electron chi connectivity index (χ2n) is 5.79. The first-order valence-corrected chi connectivity index (χ1v) is 7.62. The molecule has 5 heteroatoms. The van der Waals surface area contributed by atoms with Crippen LogP contribution in [0.5, 0.6) is 0 Å². The molecule has 2 fully saturated rings. The van der Waals surface area contributed by atoms with Crippen LogP contribution in [0.3, 0.4) is 0 Å². The van der Waals surface area contributed by atoms with E-state index in [4.69, 9.17) is 0 Å². The van der Waals surface area contributed by atoms with Crippen LogP contribution in [0.2, 0.25) is 0 Å². The molecule has 0 aliphatic carbocycles. The van der Waals surface area contributed by atoms with Gasteiger partial charge in [0.2, 0.25) is 5.91 Å². The molecule has 2 aliphatic heterocycles. The van der Waals surface area contributed by atoms with Gasteiger partial charge >= 0.3 is 6.03 Å². The lowest BCUT2D eigenvalue weighted by Gasteiger charge is -2.27. The maximum Gasteiger partial charge on any atom is 0.315 e. The highest BCUT2D eigenvalue weighted by atomic mass is 16.2. The summed E-state index contributed by atoms with van der Waals surface area (Å²) in [5.41, 5.74) is 1.30. The van der Waals surface area contributed by atoms with Gasteiger partial charge in [-0.1, -0.05) is 36.8 Å². The minimum atomic E-state index is -0.410. The number of urea groups is 1. The molecule has 3 rings (SSSR count). The van der Waals surface area contributed by atoms with E-state index in [1.807, 2.05) is 23.1 Å². The lowest BCUT2D eigenvalue weighted by Crippen LogP contribution is -2.46. The molecule has 2 atom stereocenters. The van der Waals surface area contributed by atoms with Crippen LogP contribution in [0.4, 0.5) is 4.79 Å². The predicted molar refractivity (Wildman–Crippen MR) is 79.9 cm³/mol. The van der Waals surface area contributed by atoms with Crippen molar-refractivity contribution in [1.82, 2.24) is 15.5 Å². The monoisotopic (exact) mass is 287 g/mol. The predicted octanol–water partition coefficient (Wildman–Crippen LogP) is 1.46. The van der Waals surface area contributed by atoms with E-state index in [-0.39, 0.29) is 11.9 Å². The summed E-state index contributed by atoms with van der Waals surface area (Å²) in [6.45, 7) is 1.92. The summed E-state index contributed by atoms with van der Waals surface area (Å²) in [5, 5.41) is 5.34. The molecule has 0 bridgehead atoms. The van der Waals surface area contributed by atoms with Crippen molar-refractivity contribution in [1.29, 1.82) is 0 Å². The summed E-state index contributed by atoms with van der Waals surface area (Å²) in [6.07, 6.45) is 3.28. The molecule has 0 aromatic heterocycles. The topological polar surface area (TPSA) is 61.4 Å². The van der Waals surface area contributed by atoms with Crippen molar-refractivity contribution in [2.45, 2.75) is 31.2 Å². The third kappa shape index (κ3) is 3.17. The molecule has 21 heavy (non-hydrogen) atoms. The van der Waals surface area contributed by atoms with E-state index in [9.17, 15) is 9.59 Å². The Hall–Kier alpha value is -2.04. The number of hydrogen-bond donors (Lipinski definition) is 2. The molecule has 2 N–H and O–H groups in total. The minimum Gasteiger partial charge on any atom is -0.340 e. The van der Waals surface area contributed by atoms with Gasteiger partial charge in [-0.2, -0.15) is 0 Å². The summed E-state index contributed by atoms with van der Waals surface area (Å²) in [7, 11) is 0. The van der Waals surface area contributed by atoms with E-state index in [0.29, 0.717) is 12.5 Å². The Balaban J connectivity index is 1.70. The van der Waals surface area contributed by atoms with Crippen molar-refractivity contribution in [2.75, 3.05) is 19.6 Å². The summed E-state index contributed by atoms with van der Waals surface area (Å²) >= 11 is 0. The molecule has 0 saturated carbocycles. The fourth-order valence-electron chi connectivity index (χ4n) is 3.16. The standard InChI is InChI=1S/C16H21N3O2/c20-15(14-10-17-16(21)18-14)19-9-5-4-8-13(11-19)12-6-2-1-3-7-12/h1-3,6-7,13-14H,4-5,8-11H2,(H2,17,18,21). The number of likely N-dealkylation sites (tertiary alicyclic amines) is 1. The molecular formula is C16H21N3O2. The van der Waals surface area contributed by atoms with Crippen LogP contribution in [0.1, 0.15) is 30.7 Å². The number of nitrogens with one attached hydrogen (secondary N) is 2. The van der Waals surface area contributed by atoms with Gasteiger partial charge in [0.15, 0.2) is 0 Å². The van der Waals surface area contributed by atoms with Crippen LogP contribution >= 0.6 is 0 Å². The number of nitrogens with zero attached hydrogens (tertiary/aromatic N) is 1. The smallest absolute Gasteiger partial charge is 0.315 e. The van der Waals surface area contributed by atoms with E-state index in [0.717, 1.165) is 32.4 Å². The van der Waals surface area contributed by atoms with Gasteiger partial charge in [0.05, 0.1) is 0 Å². The van der Waals surface area contributed by atoms with E-state index < -0.39 is 6.04 Å². The van der Waals surface area contributed by atoms with Gasteiger partial charge in [-0.25, -0.2) is 4.79 Å². The minimum absolute atomic E-state index is 0.0381. The third-order valence-electron chi connectivity index (χ3n) is 4.32. The van der Waals surface area contributed by atoms with E-state index in [1.54, 1.807) is 0 Å². The summed E-state index contributed by atoms with van der Waals surface area (Å²) in [4.78, 5) is 25.7. The normalized spacial score (nSPS) is 25.9. The molecule has 0 spiro atoms. The third-order valence-corrected chi connectivity index (χ3v) is 4.32. The molecule has 2 aliphatic rings. The number of amides is 3. The second-order valence-corrected chi connectivity index (χ2v) is 5.79. The van der Waals surface area contributed by atoms with Gasteiger partial charge < -0.3 is 15.5 Å². The van der Waals surface area contributed by atoms with Crippen molar-refractivity contribution in [3.8, 4) is 0 Å². The van der Waals surface area contributed by atoms with Gasteiger partial charge in [0, 0.05) is 25.6 Å². The Bertz CT molecular complexity index is 518. The molecule has 5 nitrogen and oxygen atoms in total. The largest absolute Gasteiger partial charge is 0.340 e. The molecule has 1 aromatic carbocycles. The average Bonchev–Trinajstić information content (AvgIpc) is 2.81. The van der Waals surface area contributed by atoms with Crippen LogP contribution < -0.4 is 10.6 Å². The lowest BCUT2D eigenvalue weighted by atomic mass is 9.94. The van der Waals surface area contributed by atoms with E-state index in [1.165, 1.54) is 5.56 Å². The van der Waals surface area contributed by atoms with Crippen LogP contribution in [0, 0.1) is 0 Å². The molecule has 2 unspecified atom stereocenters. The summed E-state index contributed by atoms with van der Waals surface area (Å²) in [6, 6.07) is 9.73. The first kappa shape index (κ1) is 13.9. The number of hydrogen-bond acceptors (Lipinski definition) is 2. The van der Waals surface area contributed by atoms with Crippen LogP contribution in [0.15, 0.2) is 30.3 Å². The number of carbonyl (C=O) groups is 2. The van der Waals surface area contributed by atoms with Gasteiger partial charge in [0.25, 0.3) is 0 Å². The Morgan fingerprint density at radius 2 is 2.00 bits per heavy atom. The van der Waals surface area contributed by atoms with Crippen LogP contribution in [-0.2, 0) is 4.79 Å². The number of benzene rings is 1. The molecular weight excluding hydrogens is 266 g/mol. The fourth-order valence-corrected chi connectivity index (χ4v) is 3.16. The van der Waals surface area contributed by atoms with E-state index >= 15 is 0 Å². The Morgan fingerprint density at radius 1 is 1.19 bits per heavy atom. The second kappa shape index (κ2) is 6.16. The molecule has 2 heterocycles. The first-order valence-electron chi connectivity index (χ1n) is 7.62. The molecule has 112 valence electrons. The number of carbonyl (C=O) groups excluding carboxylic acids is 2. The fraction of sp³-hybridized carbons (Fsp3) is 0.500. The highest BCUT2D eigenvalue weighted by molar-refractivity contribution is 5.90. The van der Waals surface area contributed by atoms with Gasteiger partial charge in [0.1, 0.15) is 6.04 Å². The zero-order valence-corrected chi connectivity index (χ0v) is 12.0. The summed E-state index contributed by atoms with van der Waals surface area (Å²) in [5.74, 6) is 0.430. The van der Waals surface area contributed by atoms with E-state index in [2.05, 4.69) is 22.8 Å². The maximum absolute atomic E-state index is 12.5. The summed E-state index contributed by atoms with van der Waals surface area (Å²) < 4.78 is 0. The van der Waals surface area contributed by atoms with Crippen molar-refractivity contribution in [2.24, 2.45) is 0 Å². The van der Waals surface area contributed by atoms with Crippen molar-refractivity contribution >= 4 is 11.9 Å². The van der Waals surface area contributed by atoms with Gasteiger partial charge in [-0.3, -0.25) is 4.79 Å². The van der Waals surface area contributed by atoms with Crippen LogP contribution in [-0.4, -0.2) is 42.5 Å². The lowest BCUT2D eigenvalue weighted by molar-refractivity contribution is -0.132. The molecule has 3 amide bonds. The number of rotatable bonds is 2. The average molecular weight is 287 g/mol. The zero-order valence-electron chi connectivity index (χ0n) is 12.0. The van der Waals surface area contributed by atoms with Crippen molar-refractivity contribution < 1.29 is 9.59 Å². The zero-order chi connectivity index (χ0) is 14.7. The Kier molecular flexibility index (Phi) is 4.08. The highest BCUT2D eigenvalue weighted by Gasteiger charge is 2.32. The van der Waals surface area contributed by atoms with Crippen molar-refractivity contribution in [3.63, 3.8) is 0 Å². The van der Waals surface area contributed by atoms with Crippen LogP contribution in [0.25, 0.3) is 0 Å². The Labute approximate surface area is 124 Å². The molecule has 1 aromatic rings. The van der Waals surface area contributed by atoms with Crippen molar-refractivity contribution in [3.05, 3.63) is 35.9 Å². The molecule has 2 saturated heterocycles. The van der Waals surface area contributed by atoms with Gasteiger partial charge in [-0.15, -0.1) is 0 Å². The molecule has 0 radical (unpaired) electrons. The quantitative estimate of drug-likeness (QED) is 0.865. The SMILES string of the molecule is O=C1NCC(C(=O)N2CCCCC(c3ccccc3)C2)N1. The Morgan fingerprint density at radius 3 is 2.71 bits per heavy atom. The maximum atomic E-state index is 12.5. The first-order chi connectivity index (χ1) is 10.2. The van der Waals surface area contributed by atoms with Gasteiger partial charge in [-0.05, 0) is 18.4 Å². The highest BCUT2D eigenvalue weighted by Crippen LogP contribution is 2.26.